The Hall–Kier alpha value is -0.511. The van der Waals surface area contributed by atoms with E-state index >= 15 is 0 Å². The molecule has 0 saturated heterocycles. The van der Waals surface area contributed by atoms with Crippen LogP contribution in [-0.2, 0) is 9.53 Å². The van der Waals surface area contributed by atoms with Gasteiger partial charge in [0.25, 0.3) is 0 Å². The van der Waals surface area contributed by atoms with E-state index in [-0.39, 0.29) is 17.8 Å². The van der Waals surface area contributed by atoms with Crippen LogP contribution in [0.4, 0.5) is 0 Å². The summed E-state index contributed by atoms with van der Waals surface area (Å²) >= 11 is -2.20. The number of allylic oxidation sites excluding steroid dienone is 5. The molecule has 2 atom stereocenters. The van der Waals surface area contributed by atoms with E-state index in [1.165, 1.54) is 57.4 Å². The van der Waals surface area contributed by atoms with E-state index in [9.17, 15) is 4.79 Å². The Morgan fingerprint density at radius 1 is 0.933 bits per heavy atom. The molecule has 0 spiro atoms. The van der Waals surface area contributed by atoms with Crippen LogP contribution in [0, 0.1) is 11.8 Å². The van der Waals surface area contributed by atoms with E-state index in [0.29, 0.717) is 6.61 Å². The fraction of sp³-hybridized carbons (Fsp3) is 0.741. The van der Waals surface area contributed by atoms with Gasteiger partial charge in [-0.3, -0.25) is 0 Å². The van der Waals surface area contributed by atoms with Crippen molar-refractivity contribution in [1.82, 2.24) is 0 Å². The van der Waals surface area contributed by atoms with Crippen molar-refractivity contribution in [1.29, 1.82) is 0 Å². The van der Waals surface area contributed by atoms with Gasteiger partial charge in [0.05, 0.1) is 0 Å². The molecular weight excluding hydrogens is 475 g/mol. The van der Waals surface area contributed by atoms with Gasteiger partial charge < -0.3 is 0 Å². The van der Waals surface area contributed by atoms with E-state index in [2.05, 4.69) is 69.9 Å². The number of unbranched alkanes of at least 4 members (excludes halogenated alkanes) is 3. The van der Waals surface area contributed by atoms with Crippen LogP contribution < -0.4 is 0 Å². The summed E-state index contributed by atoms with van der Waals surface area (Å²) in [7, 11) is 0. The minimum atomic E-state index is -2.20. The van der Waals surface area contributed by atoms with Gasteiger partial charge in [-0.1, -0.05) is 0 Å². The number of esters is 1. The third-order valence-corrected chi connectivity index (χ3v) is 20.3. The molecule has 0 amide bonds. The minimum absolute atomic E-state index is 0.0496. The zero-order valence-corrected chi connectivity index (χ0v) is 24.0. The first kappa shape index (κ1) is 29.5. The van der Waals surface area contributed by atoms with Crippen molar-refractivity contribution in [2.45, 2.75) is 107 Å². The molecule has 3 heteroatoms. The third-order valence-electron chi connectivity index (χ3n) is 6.22. The molecule has 30 heavy (non-hydrogen) atoms. The van der Waals surface area contributed by atoms with Crippen molar-refractivity contribution in [3.8, 4) is 0 Å². The number of hydrogen-bond donors (Lipinski definition) is 0. The van der Waals surface area contributed by atoms with Gasteiger partial charge in [-0.2, -0.15) is 0 Å². The molecule has 0 aliphatic rings. The van der Waals surface area contributed by atoms with Gasteiger partial charge in [-0.25, -0.2) is 0 Å². The Morgan fingerprint density at radius 2 is 1.47 bits per heavy atom. The molecule has 0 saturated carbocycles. The SMILES string of the molecule is CCC[CH2][Sn]([CH]=CC(C)=CC=CC(C)C(CC)C(=O)OCC)([CH2]CCC)[CH2]CCC. The van der Waals surface area contributed by atoms with Gasteiger partial charge in [-0.15, -0.1) is 0 Å². The molecule has 0 heterocycles. The molecule has 0 aliphatic heterocycles. The monoisotopic (exact) mass is 526 g/mol. The van der Waals surface area contributed by atoms with Crippen molar-refractivity contribution in [3.63, 3.8) is 0 Å². The van der Waals surface area contributed by atoms with E-state index in [4.69, 9.17) is 4.74 Å². The molecule has 0 aliphatic carbocycles. The number of ether oxygens (including phenoxy) is 1. The second kappa shape index (κ2) is 18.1. The molecule has 174 valence electrons. The van der Waals surface area contributed by atoms with Crippen LogP contribution in [0.5, 0.6) is 0 Å². The van der Waals surface area contributed by atoms with E-state index in [1.54, 1.807) is 0 Å². The summed E-state index contributed by atoms with van der Waals surface area (Å²) in [5, 5.41) is 0. The molecule has 0 bridgehead atoms. The first-order valence-corrected chi connectivity index (χ1v) is 20.3. The predicted octanol–water partition coefficient (Wildman–Crippen LogP) is 8.66. The van der Waals surface area contributed by atoms with Gasteiger partial charge >= 0.3 is 193 Å². The van der Waals surface area contributed by atoms with E-state index in [0.717, 1.165) is 6.42 Å². The Balaban J connectivity index is 5.25. The predicted molar refractivity (Wildman–Crippen MR) is 137 cm³/mol. The Morgan fingerprint density at radius 3 is 1.90 bits per heavy atom. The zero-order valence-electron chi connectivity index (χ0n) is 21.1. The molecule has 2 nitrogen and oxygen atoms in total. The van der Waals surface area contributed by atoms with Crippen LogP contribution in [0.2, 0.25) is 13.3 Å². The van der Waals surface area contributed by atoms with Crippen LogP contribution in [0.15, 0.2) is 34.0 Å². The average molecular weight is 525 g/mol. The quantitative estimate of drug-likeness (QED) is 0.108. The summed E-state index contributed by atoms with van der Waals surface area (Å²) < 4.78 is 12.5. The van der Waals surface area contributed by atoms with E-state index < -0.39 is 18.4 Å². The van der Waals surface area contributed by atoms with Crippen molar-refractivity contribution in [3.05, 3.63) is 34.0 Å². The first-order valence-electron chi connectivity index (χ1n) is 12.6. The number of carbonyl (C=O) groups excluding carboxylic acids is 1. The molecule has 0 radical (unpaired) electrons. The molecule has 2 unspecified atom stereocenters. The number of hydrogen-bond acceptors (Lipinski definition) is 2. The van der Waals surface area contributed by atoms with Crippen LogP contribution in [0.3, 0.4) is 0 Å². The summed E-state index contributed by atoms with van der Waals surface area (Å²) in [6.45, 7) is 15.7. The van der Waals surface area contributed by atoms with Crippen molar-refractivity contribution in [2.24, 2.45) is 11.8 Å². The summed E-state index contributed by atoms with van der Waals surface area (Å²) in [5.41, 5.74) is 1.33. The Bertz CT molecular complexity index is 511. The van der Waals surface area contributed by atoms with Crippen LogP contribution in [0.1, 0.15) is 93.4 Å². The van der Waals surface area contributed by atoms with Crippen LogP contribution in [-0.4, -0.2) is 31.0 Å². The van der Waals surface area contributed by atoms with Crippen molar-refractivity contribution < 1.29 is 9.53 Å². The van der Waals surface area contributed by atoms with Gasteiger partial charge in [0, 0.05) is 0 Å². The average Bonchev–Trinajstić information content (AvgIpc) is 2.73. The topological polar surface area (TPSA) is 26.3 Å². The third kappa shape index (κ3) is 12.4. The summed E-state index contributed by atoms with van der Waals surface area (Å²) in [6, 6.07) is 0. The van der Waals surface area contributed by atoms with Gasteiger partial charge in [0.2, 0.25) is 0 Å². The normalized spacial score (nSPS) is 15.1. The molecule has 0 aromatic carbocycles. The van der Waals surface area contributed by atoms with Gasteiger partial charge in [-0.05, 0) is 0 Å². The molecule has 0 N–H and O–H groups in total. The maximum atomic E-state index is 12.1. The Kier molecular flexibility index (Phi) is 17.8. The Labute approximate surface area is 192 Å². The summed E-state index contributed by atoms with van der Waals surface area (Å²) in [5.74, 6) is 0.0739. The van der Waals surface area contributed by atoms with Gasteiger partial charge in [0.15, 0.2) is 0 Å². The number of rotatable bonds is 17. The van der Waals surface area contributed by atoms with Crippen LogP contribution in [0.25, 0.3) is 0 Å². The van der Waals surface area contributed by atoms with Gasteiger partial charge in [0.1, 0.15) is 0 Å². The fourth-order valence-electron chi connectivity index (χ4n) is 4.09. The van der Waals surface area contributed by atoms with Crippen LogP contribution >= 0.6 is 0 Å². The molecular formula is C27H50O2Sn. The standard InChI is InChI=1S/C15H23O2.3C4H9.Sn/c1-6-12(4)10-9-11-13(5)14(7-2)15(16)17-8-3;3*1-3-4-2;/h1,6,9-11,13-14H,7-8H2,2-5H3;3*1,3-4H2,2H3;. The molecule has 0 fully saturated rings. The molecule has 0 aromatic rings. The first-order chi connectivity index (χ1) is 14.4. The molecule has 0 rings (SSSR count). The second-order valence-corrected chi connectivity index (χ2v) is 21.9. The summed E-state index contributed by atoms with van der Waals surface area (Å²) in [4.78, 5) is 12.1. The van der Waals surface area contributed by atoms with E-state index in [1.807, 2.05) is 6.92 Å². The van der Waals surface area contributed by atoms with Crippen molar-refractivity contribution >= 4 is 24.3 Å². The van der Waals surface area contributed by atoms with Crippen molar-refractivity contribution in [2.75, 3.05) is 6.61 Å². The zero-order chi connectivity index (χ0) is 22.8. The molecule has 0 aromatic heterocycles. The second-order valence-electron chi connectivity index (χ2n) is 8.93. The fourth-order valence-corrected chi connectivity index (χ4v) is 18.5. The summed E-state index contributed by atoms with van der Waals surface area (Å²) in [6.07, 6.45) is 17.9. The maximum absolute atomic E-state index is 12.1. The number of carbonyl (C=O) groups is 1.